The Morgan fingerprint density at radius 3 is 2.58 bits per heavy atom. The molecule has 1 radical (unpaired) electrons. The molecule has 0 bridgehead atoms. The van der Waals surface area contributed by atoms with Gasteiger partial charge >= 0.3 is 0 Å². The first-order chi connectivity index (χ1) is 17.6. The van der Waals surface area contributed by atoms with Gasteiger partial charge in [-0.05, 0) is 73.3 Å². The summed E-state index contributed by atoms with van der Waals surface area (Å²) in [5.41, 5.74) is 4.72. The SMILES string of the molecule is COCCN1CCC(c2ccc(Nc3nc(-c4cccc(OC)n4)cc4c3C(=O)[N]C=C4)cc2)CC1. The Labute approximate surface area is 211 Å². The molecule has 1 amide bonds. The molecule has 3 aromatic rings. The number of carbonyl (C=O) groups is 1. The summed E-state index contributed by atoms with van der Waals surface area (Å²) in [5.74, 6) is 1.20. The maximum atomic E-state index is 12.7. The third-order valence-corrected chi connectivity index (χ3v) is 6.75. The van der Waals surface area contributed by atoms with Gasteiger partial charge in [-0.1, -0.05) is 18.2 Å². The molecule has 2 aliphatic rings. The molecule has 2 aliphatic heterocycles. The Morgan fingerprint density at radius 1 is 1.03 bits per heavy atom. The highest BCUT2D eigenvalue weighted by Gasteiger charge is 2.23. The number of ether oxygens (including phenoxy) is 2. The third-order valence-electron chi connectivity index (χ3n) is 6.75. The number of amides is 1. The van der Waals surface area contributed by atoms with Gasteiger partial charge in [0.05, 0.1) is 30.7 Å². The first-order valence-electron chi connectivity index (χ1n) is 12.2. The molecule has 0 aliphatic carbocycles. The predicted molar refractivity (Wildman–Crippen MR) is 140 cm³/mol. The number of piperidine rings is 1. The summed E-state index contributed by atoms with van der Waals surface area (Å²) >= 11 is 0. The lowest BCUT2D eigenvalue weighted by atomic mass is 9.89. The lowest BCUT2D eigenvalue weighted by Gasteiger charge is -2.32. The zero-order valence-electron chi connectivity index (χ0n) is 20.6. The molecule has 1 aromatic carbocycles. The highest BCUT2D eigenvalue weighted by atomic mass is 16.5. The number of fused-ring (bicyclic) bond motifs is 1. The van der Waals surface area contributed by atoms with E-state index in [1.165, 1.54) is 11.8 Å². The van der Waals surface area contributed by atoms with Gasteiger partial charge in [0.2, 0.25) is 5.88 Å². The number of rotatable bonds is 8. The molecule has 0 atom stereocenters. The smallest absolute Gasteiger partial charge is 0.281 e. The molecule has 4 heterocycles. The number of pyridine rings is 2. The summed E-state index contributed by atoms with van der Waals surface area (Å²) in [7, 11) is 3.33. The Bertz CT molecular complexity index is 1250. The second-order valence-electron chi connectivity index (χ2n) is 8.99. The molecule has 1 N–H and O–H groups in total. The van der Waals surface area contributed by atoms with Crippen molar-refractivity contribution in [2.45, 2.75) is 18.8 Å². The number of hydrogen-bond donors (Lipinski definition) is 1. The average Bonchev–Trinajstić information content (AvgIpc) is 2.92. The summed E-state index contributed by atoms with van der Waals surface area (Å²) in [6.07, 6.45) is 5.62. The monoisotopic (exact) mass is 484 g/mol. The number of carbonyl (C=O) groups excluding carboxylic acids is 1. The summed E-state index contributed by atoms with van der Waals surface area (Å²) < 4.78 is 10.5. The lowest BCUT2D eigenvalue weighted by molar-refractivity contribution is 0.0965. The largest absolute Gasteiger partial charge is 0.481 e. The number of nitrogens with zero attached hydrogens (tertiary/aromatic N) is 4. The summed E-state index contributed by atoms with van der Waals surface area (Å²) in [4.78, 5) is 24.4. The summed E-state index contributed by atoms with van der Waals surface area (Å²) in [5, 5.41) is 7.31. The van der Waals surface area contributed by atoms with E-state index in [4.69, 9.17) is 14.5 Å². The van der Waals surface area contributed by atoms with E-state index in [2.05, 4.69) is 44.8 Å². The predicted octanol–water partition coefficient (Wildman–Crippen LogP) is 4.45. The maximum Gasteiger partial charge on any atom is 0.281 e. The van der Waals surface area contributed by atoms with Crippen LogP contribution in [0.2, 0.25) is 0 Å². The van der Waals surface area contributed by atoms with E-state index >= 15 is 0 Å². The van der Waals surface area contributed by atoms with E-state index in [0.29, 0.717) is 34.6 Å². The first-order valence-corrected chi connectivity index (χ1v) is 12.2. The van der Waals surface area contributed by atoms with Crippen molar-refractivity contribution in [3.8, 4) is 17.3 Å². The van der Waals surface area contributed by atoms with Gasteiger partial charge in [0, 0.05) is 31.6 Å². The number of hydrogen-bond acceptors (Lipinski definition) is 7. The minimum absolute atomic E-state index is 0.315. The first kappa shape index (κ1) is 24.0. The molecule has 5 rings (SSSR count). The van der Waals surface area contributed by atoms with Crippen LogP contribution in [-0.2, 0) is 4.74 Å². The van der Waals surface area contributed by atoms with Gasteiger partial charge in [-0.2, -0.15) is 0 Å². The van der Waals surface area contributed by atoms with Crippen LogP contribution in [0.3, 0.4) is 0 Å². The third kappa shape index (κ3) is 5.24. The van der Waals surface area contributed by atoms with E-state index in [1.54, 1.807) is 20.3 Å². The van der Waals surface area contributed by atoms with Crippen LogP contribution >= 0.6 is 0 Å². The molecule has 0 unspecified atom stereocenters. The van der Waals surface area contributed by atoms with Crippen molar-refractivity contribution in [1.29, 1.82) is 0 Å². The van der Waals surface area contributed by atoms with E-state index in [9.17, 15) is 4.79 Å². The minimum atomic E-state index is -0.315. The summed E-state index contributed by atoms with van der Waals surface area (Å²) in [6.45, 7) is 3.96. The van der Waals surface area contributed by atoms with Crippen LogP contribution in [0.4, 0.5) is 11.5 Å². The molecular formula is C28H30N5O3. The number of methoxy groups -OCH3 is 2. The Hall–Kier alpha value is -3.75. The van der Waals surface area contributed by atoms with E-state index in [0.717, 1.165) is 50.3 Å². The van der Waals surface area contributed by atoms with Gasteiger partial charge in [0.15, 0.2) is 0 Å². The van der Waals surface area contributed by atoms with Crippen molar-refractivity contribution in [2.24, 2.45) is 0 Å². The van der Waals surface area contributed by atoms with Gasteiger partial charge in [-0.25, -0.2) is 15.3 Å². The van der Waals surface area contributed by atoms with Gasteiger partial charge in [-0.15, -0.1) is 0 Å². The molecular weight excluding hydrogens is 454 g/mol. The minimum Gasteiger partial charge on any atom is -0.481 e. The highest BCUT2D eigenvalue weighted by molar-refractivity contribution is 6.05. The fourth-order valence-corrected chi connectivity index (χ4v) is 4.75. The number of nitrogens with one attached hydrogen (secondary N) is 1. The topological polar surface area (TPSA) is 90.7 Å². The summed E-state index contributed by atoms with van der Waals surface area (Å²) in [6, 6.07) is 15.8. The van der Waals surface area contributed by atoms with Crippen LogP contribution in [0.25, 0.3) is 17.5 Å². The van der Waals surface area contributed by atoms with Crippen LogP contribution in [0.15, 0.2) is 54.7 Å². The van der Waals surface area contributed by atoms with Crippen molar-refractivity contribution in [3.05, 3.63) is 71.4 Å². The molecule has 2 aromatic heterocycles. The van der Waals surface area contributed by atoms with Crippen molar-refractivity contribution < 1.29 is 14.3 Å². The molecule has 8 heteroatoms. The standard InChI is InChI=1S/C28H30N5O3/c1-35-17-16-33-14-11-20(12-15-33)19-6-8-22(9-7-19)30-27-26-21(10-13-29-28(26)34)18-24(32-27)23-4-3-5-25(31-23)36-2/h3-10,13,18,20H,11-12,14-17H2,1-2H3,(H,30,32). The second-order valence-corrected chi connectivity index (χ2v) is 8.99. The van der Waals surface area contributed by atoms with E-state index in [-0.39, 0.29) is 5.91 Å². The van der Waals surface area contributed by atoms with E-state index in [1.807, 2.05) is 24.3 Å². The van der Waals surface area contributed by atoms with Crippen LogP contribution in [0.1, 0.15) is 40.2 Å². The number of likely N-dealkylation sites (tertiary alicyclic amines) is 1. The van der Waals surface area contributed by atoms with Crippen LogP contribution in [-0.4, -0.2) is 61.2 Å². The van der Waals surface area contributed by atoms with Gasteiger partial charge < -0.3 is 19.7 Å². The molecule has 1 saturated heterocycles. The van der Waals surface area contributed by atoms with Gasteiger partial charge in [0.25, 0.3) is 5.91 Å². The highest BCUT2D eigenvalue weighted by Crippen LogP contribution is 2.32. The number of aromatic nitrogens is 2. The maximum absolute atomic E-state index is 12.7. The normalized spacial score (nSPS) is 15.9. The van der Waals surface area contributed by atoms with E-state index < -0.39 is 0 Å². The Balaban J connectivity index is 1.37. The second kappa shape index (κ2) is 10.9. The van der Waals surface area contributed by atoms with Crippen molar-refractivity contribution >= 4 is 23.5 Å². The molecule has 0 spiro atoms. The zero-order chi connectivity index (χ0) is 24.9. The molecule has 36 heavy (non-hydrogen) atoms. The molecule has 1 fully saturated rings. The van der Waals surface area contributed by atoms with Crippen molar-refractivity contribution in [1.82, 2.24) is 20.2 Å². The Kier molecular flexibility index (Phi) is 7.25. The van der Waals surface area contributed by atoms with Gasteiger partial charge in [0.1, 0.15) is 5.82 Å². The molecule has 0 saturated carbocycles. The quantitative estimate of drug-likeness (QED) is 0.505. The Morgan fingerprint density at radius 2 is 1.83 bits per heavy atom. The van der Waals surface area contributed by atoms with Crippen molar-refractivity contribution in [2.75, 3.05) is 45.8 Å². The lowest BCUT2D eigenvalue weighted by Crippen LogP contribution is -2.35. The fraction of sp³-hybridized carbons (Fsp3) is 0.321. The van der Waals surface area contributed by atoms with Crippen molar-refractivity contribution in [3.63, 3.8) is 0 Å². The number of anilines is 2. The zero-order valence-corrected chi connectivity index (χ0v) is 20.6. The van der Waals surface area contributed by atoms with Crippen LogP contribution < -0.4 is 15.4 Å². The fourth-order valence-electron chi connectivity index (χ4n) is 4.75. The number of benzene rings is 1. The molecule has 185 valence electrons. The van der Waals surface area contributed by atoms with Crippen LogP contribution in [0.5, 0.6) is 5.88 Å². The van der Waals surface area contributed by atoms with Gasteiger partial charge in [-0.3, -0.25) is 4.79 Å². The molecule has 8 nitrogen and oxygen atoms in total. The average molecular weight is 485 g/mol. The van der Waals surface area contributed by atoms with Crippen LogP contribution in [0, 0.1) is 0 Å².